The molecular formula is C50H50F4N6O8. The molecule has 2 aliphatic rings. The molecule has 0 saturated heterocycles. The number of aromatic nitrogens is 3. The van der Waals surface area contributed by atoms with Gasteiger partial charge in [-0.25, -0.2) is 19.0 Å². The third kappa shape index (κ3) is 9.31. The molecule has 0 bridgehead atoms. The van der Waals surface area contributed by atoms with Crippen LogP contribution in [0.2, 0.25) is 0 Å². The van der Waals surface area contributed by atoms with E-state index in [4.69, 9.17) is 18.9 Å². The molecule has 1 unspecified atom stereocenters. The fourth-order valence-corrected chi connectivity index (χ4v) is 9.20. The van der Waals surface area contributed by atoms with Crippen LogP contribution in [0.25, 0.3) is 22.2 Å². The summed E-state index contributed by atoms with van der Waals surface area (Å²) in [7, 11) is 4.34. The summed E-state index contributed by atoms with van der Waals surface area (Å²) in [6.07, 6.45) is -4.90. The first-order valence-electron chi connectivity index (χ1n) is 22.0. The maximum Gasteiger partial charge on any atom is 0.418 e. The number of anilines is 2. The molecule has 1 atom stereocenters. The summed E-state index contributed by atoms with van der Waals surface area (Å²) in [6, 6.07) is 23.9. The number of hydrogen-bond donors (Lipinski definition) is 2. The van der Waals surface area contributed by atoms with E-state index in [0.717, 1.165) is 16.7 Å². The number of alkyl halides is 3. The topological polar surface area (TPSA) is 159 Å². The molecule has 1 aliphatic carbocycles. The van der Waals surface area contributed by atoms with Gasteiger partial charge in [-0.2, -0.15) is 13.2 Å². The van der Waals surface area contributed by atoms with Crippen LogP contribution in [-0.4, -0.2) is 78.9 Å². The van der Waals surface area contributed by atoms with Crippen molar-refractivity contribution >= 4 is 34.5 Å². The molecule has 1 saturated carbocycles. The molecule has 68 heavy (non-hydrogen) atoms. The molecule has 3 heterocycles. The van der Waals surface area contributed by atoms with Gasteiger partial charge in [0.25, 0.3) is 5.56 Å². The van der Waals surface area contributed by atoms with Gasteiger partial charge in [0.15, 0.2) is 5.82 Å². The number of esters is 1. The molecule has 1 amide bonds. The molecule has 8 rings (SSSR count). The van der Waals surface area contributed by atoms with Crippen molar-refractivity contribution in [2.75, 3.05) is 50.8 Å². The van der Waals surface area contributed by atoms with Gasteiger partial charge in [-0.1, -0.05) is 54.6 Å². The van der Waals surface area contributed by atoms with Crippen LogP contribution in [0.3, 0.4) is 0 Å². The van der Waals surface area contributed by atoms with E-state index < -0.39 is 69.1 Å². The first-order valence-corrected chi connectivity index (χ1v) is 22.0. The number of H-pyrrole nitrogens is 2. The Morgan fingerprint density at radius 1 is 0.882 bits per heavy atom. The first kappa shape index (κ1) is 47.1. The number of aryl methyl sites for hydroxylation is 1. The van der Waals surface area contributed by atoms with E-state index in [0.29, 0.717) is 24.3 Å². The number of pyridine rings is 1. The highest BCUT2D eigenvalue weighted by Crippen LogP contribution is 2.52. The molecule has 18 heteroatoms. The second kappa shape index (κ2) is 19.1. The van der Waals surface area contributed by atoms with Crippen LogP contribution in [0, 0.1) is 18.2 Å². The van der Waals surface area contributed by atoms with Crippen molar-refractivity contribution in [1.82, 2.24) is 19.9 Å². The monoisotopic (exact) mass is 938 g/mol. The number of nitrogens with zero attached hydrogens (tertiary/aromatic N) is 4. The molecule has 356 valence electrons. The Morgan fingerprint density at radius 3 is 2.06 bits per heavy atom. The summed E-state index contributed by atoms with van der Waals surface area (Å²) >= 11 is 0. The van der Waals surface area contributed by atoms with Crippen molar-refractivity contribution in [3.8, 4) is 22.8 Å². The highest BCUT2D eigenvalue weighted by atomic mass is 19.4. The van der Waals surface area contributed by atoms with Crippen LogP contribution < -0.4 is 30.5 Å². The van der Waals surface area contributed by atoms with E-state index in [1.165, 1.54) is 39.2 Å². The second-order valence-corrected chi connectivity index (χ2v) is 17.0. The van der Waals surface area contributed by atoms with E-state index in [2.05, 4.69) is 15.0 Å². The normalized spacial score (nSPS) is 14.3. The van der Waals surface area contributed by atoms with Crippen LogP contribution in [0.5, 0.6) is 11.5 Å². The van der Waals surface area contributed by atoms with Gasteiger partial charge < -0.3 is 38.6 Å². The summed E-state index contributed by atoms with van der Waals surface area (Å²) in [5.74, 6) is -0.449. The Hall–Kier alpha value is -7.37. The molecule has 0 spiro atoms. The molecule has 1 aliphatic heterocycles. The minimum atomic E-state index is -5.04. The number of carbonyl (C=O) groups is 2. The fourth-order valence-electron chi connectivity index (χ4n) is 9.20. The maximum atomic E-state index is 17.5. The molecule has 2 N–H and O–H groups in total. The van der Waals surface area contributed by atoms with Gasteiger partial charge in [-0.3, -0.25) is 14.6 Å². The fraction of sp³-hybridized carbons (Fsp3) is 0.340. The van der Waals surface area contributed by atoms with Crippen molar-refractivity contribution in [2.45, 2.75) is 65.0 Å². The quantitative estimate of drug-likeness (QED) is 0.0710. The molecule has 4 aromatic carbocycles. The Labute approximate surface area is 388 Å². The number of halogens is 4. The number of nitrogens with one attached hydrogen (secondary N) is 2. The van der Waals surface area contributed by atoms with Gasteiger partial charge in [0.05, 0.1) is 54.6 Å². The number of fused-ring (bicyclic) bond motifs is 3. The third-order valence-corrected chi connectivity index (χ3v) is 13.0. The van der Waals surface area contributed by atoms with Gasteiger partial charge in [-0.15, -0.1) is 0 Å². The van der Waals surface area contributed by atoms with Crippen LogP contribution >= 0.6 is 0 Å². The zero-order chi connectivity index (χ0) is 48.5. The Kier molecular flexibility index (Phi) is 13.2. The number of hydrogen-bond acceptors (Lipinski definition) is 11. The third-order valence-electron chi connectivity index (χ3n) is 13.0. The van der Waals surface area contributed by atoms with E-state index >= 15 is 17.6 Å². The van der Waals surface area contributed by atoms with Crippen molar-refractivity contribution in [3.63, 3.8) is 0 Å². The SMILES string of the molecule is COC(=O)C1(C(C)N(CCN2CCc3c(-c4nc(N(Cc5ccc(OC)cc5)Cc5ccc(OC)cc5)cc(C)c4C(F)(F)F)c(F)c4[nH]c(=O)[nH]c(=O)c4c32)C(=O)OCc2ccccc2)CC1. The number of carbonyl (C=O) groups excluding carboxylic acids is 2. The van der Waals surface area contributed by atoms with Crippen molar-refractivity contribution in [3.05, 3.63) is 145 Å². The highest BCUT2D eigenvalue weighted by Gasteiger charge is 2.58. The Morgan fingerprint density at radius 2 is 1.50 bits per heavy atom. The van der Waals surface area contributed by atoms with Gasteiger partial charge in [0.1, 0.15) is 23.9 Å². The minimum Gasteiger partial charge on any atom is -0.497 e. The first-order chi connectivity index (χ1) is 32.6. The van der Waals surface area contributed by atoms with E-state index in [1.54, 1.807) is 65.3 Å². The van der Waals surface area contributed by atoms with Gasteiger partial charge >= 0.3 is 23.9 Å². The van der Waals surface area contributed by atoms with Crippen molar-refractivity contribution < 1.29 is 46.1 Å². The van der Waals surface area contributed by atoms with Crippen LogP contribution in [-0.2, 0) is 46.6 Å². The lowest BCUT2D eigenvalue weighted by Gasteiger charge is -2.34. The summed E-state index contributed by atoms with van der Waals surface area (Å²) < 4.78 is 85.5. The van der Waals surface area contributed by atoms with Gasteiger partial charge in [0, 0.05) is 44.3 Å². The van der Waals surface area contributed by atoms with E-state index in [1.807, 2.05) is 30.3 Å². The maximum absolute atomic E-state index is 17.5. The average molecular weight is 939 g/mol. The largest absolute Gasteiger partial charge is 0.497 e. The number of aromatic amines is 2. The lowest BCUT2D eigenvalue weighted by atomic mass is 9.93. The van der Waals surface area contributed by atoms with Crippen molar-refractivity contribution in [1.29, 1.82) is 0 Å². The summed E-state index contributed by atoms with van der Waals surface area (Å²) in [4.78, 5) is 67.7. The van der Waals surface area contributed by atoms with E-state index in [-0.39, 0.29) is 73.8 Å². The molecular weight excluding hydrogens is 889 g/mol. The lowest BCUT2D eigenvalue weighted by molar-refractivity contribution is -0.149. The molecule has 6 aromatic rings. The van der Waals surface area contributed by atoms with Crippen LogP contribution in [0.1, 0.15) is 53.1 Å². The number of methoxy groups -OCH3 is 3. The summed E-state index contributed by atoms with van der Waals surface area (Å²) in [5, 5.41) is -0.292. The predicted molar refractivity (Wildman–Crippen MR) is 246 cm³/mol. The number of amides is 1. The minimum absolute atomic E-state index is 0.0378. The zero-order valence-electron chi connectivity index (χ0n) is 38.1. The second-order valence-electron chi connectivity index (χ2n) is 17.0. The standard InChI is InChI=1S/C50H50F4N6O8/c1-29-25-37(59(26-31-11-15-34(65-3)16-12-31)27-32-13-17-35(66-4)18-14-32)55-42(40(29)50(52,53)54)38-36-19-22-58(44(36)39-43(41(38)51)56-47(63)57-45(39)61)23-24-60(30(2)49(20-21-49)46(62)67-5)48(64)68-28-33-9-7-6-8-10-33/h6-18,25,30H,19-24,26-28H2,1-5H3,(H2,56,57,61,63). The number of rotatable bonds is 16. The number of ether oxygens (including phenoxy) is 4. The lowest BCUT2D eigenvalue weighted by Crippen LogP contribution is -2.49. The van der Waals surface area contributed by atoms with Crippen molar-refractivity contribution in [2.24, 2.45) is 5.41 Å². The predicted octanol–water partition coefficient (Wildman–Crippen LogP) is 8.31. The molecule has 2 aromatic heterocycles. The van der Waals surface area contributed by atoms with Gasteiger partial charge in [0.2, 0.25) is 0 Å². The smallest absolute Gasteiger partial charge is 0.418 e. The summed E-state index contributed by atoms with van der Waals surface area (Å²) in [5.41, 5.74) is -3.95. The zero-order valence-corrected chi connectivity index (χ0v) is 38.1. The number of benzene rings is 4. The van der Waals surface area contributed by atoms with Crippen LogP contribution in [0.15, 0.2) is 94.5 Å². The Balaban J connectivity index is 1.25. The molecule has 0 radical (unpaired) electrons. The van der Waals surface area contributed by atoms with Gasteiger partial charge in [-0.05, 0) is 91.3 Å². The summed E-state index contributed by atoms with van der Waals surface area (Å²) in [6.45, 7) is 3.21. The molecule has 14 nitrogen and oxygen atoms in total. The molecule has 1 fully saturated rings. The highest BCUT2D eigenvalue weighted by molar-refractivity contribution is 6.00. The van der Waals surface area contributed by atoms with Crippen LogP contribution in [0.4, 0.5) is 33.9 Å². The average Bonchev–Trinajstić information content (AvgIpc) is 4.04. The Bertz CT molecular complexity index is 2910. The van der Waals surface area contributed by atoms with E-state index in [9.17, 15) is 19.2 Å².